The Morgan fingerprint density at radius 1 is 1.14 bits per heavy atom. The number of hydrogen-bond acceptors (Lipinski definition) is 5. The SMILES string of the molecule is CCNc1nc(C2CC2)nc(NCC2CCCOC2)c1C. The molecule has 0 radical (unpaired) electrons. The molecule has 0 spiro atoms. The standard InChI is InChI=1S/C16H26N4O/c1-3-17-14-11(2)15(20-16(19-14)13-6-7-13)18-9-12-5-4-8-21-10-12/h12-13H,3-10H2,1-2H3,(H2,17,18,19,20). The summed E-state index contributed by atoms with van der Waals surface area (Å²) in [7, 11) is 0. The molecule has 1 aliphatic carbocycles. The van der Waals surface area contributed by atoms with E-state index < -0.39 is 0 Å². The van der Waals surface area contributed by atoms with Crippen LogP contribution in [0.15, 0.2) is 0 Å². The molecule has 0 aromatic carbocycles. The lowest BCUT2D eigenvalue weighted by molar-refractivity contribution is 0.0595. The van der Waals surface area contributed by atoms with Crippen molar-refractivity contribution in [2.24, 2.45) is 5.92 Å². The molecule has 2 N–H and O–H groups in total. The monoisotopic (exact) mass is 290 g/mol. The van der Waals surface area contributed by atoms with Crippen LogP contribution in [0.3, 0.4) is 0 Å². The molecule has 1 aromatic rings. The van der Waals surface area contributed by atoms with Crippen LogP contribution in [-0.2, 0) is 4.74 Å². The molecule has 1 atom stereocenters. The maximum absolute atomic E-state index is 5.55. The molecule has 2 aliphatic rings. The quantitative estimate of drug-likeness (QED) is 0.843. The van der Waals surface area contributed by atoms with E-state index >= 15 is 0 Å². The molecule has 116 valence electrons. The van der Waals surface area contributed by atoms with Crippen LogP contribution in [0.5, 0.6) is 0 Å². The first-order valence-corrected chi connectivity index (χ1v) is 8.22. The van der Waals surface area contributed by atoms with Crippen LogP contribution in [0.25, 0.3) is 0 Å². The van der Waals surface area contributed by atoms with Crippen molar-refractivity contribution >= 4 is 11.6 Å². The zero-order chi connectivity index (χ0) is 14.7. The average molecular weight is 290 g/mol. The Balaban J connectivity index is 1.72. The summed E-state index contributed by atoms with van der Waals surface area (Å²) in [5.74, 6) is 4.14. The van der Waals surface area contributed by atoms with E-state index in [1.165, 1.54) is 25.7 Å². The van der Waals surface area contributed by atoms with Crippen LogP contribution in [0.2, 0.25) is 0 Å². The molecule has 1 unspecified atom stereocenters. The van der Waals surface area contributed by atoms with E-state index in [1.807, 2.05) is 0 Å². The lowest BCUT2D eigenvalue weighted by Gasteiger charge is -2.23. The smallest absolute Gasteiger partial charge is 0.136 e. The van der Waals surface area contributed by atoms with E-state index in [0.717, 1.165) is 49.3 Å². The fourth-order valence-corrected chi connectivity index (χ4v) is 2.78. The second-order valence-corrected chi connectivity index (χ2v) is 6.17. The van der Waals surface area contributed by atoms with Crippen LogP contribution in [0, 0.1) is 12.8 Å². The van der Waals surface area contributed by atoms with Gasteiger partial charge in [0.1, 0.15) is 17.5 Å². The van der Waals surface area contributed by atoms with Gasteiger partial charge in [-0.3, -0.25) is 0 Å². The van der Waals surface area contributed by atoms with Gasteiger partial charge in [-0.2, -0.15) is 0 Å². The molecule has 3 rings (SSSR count). The van der Waals surface area contributed by atoms with E-state index in [1.54, 1.807) is 0 Å². The molecule has 1 aliphatic heterocycles. The van der Waals surface area contributed by atoms with Crippen LogP contribution in [-0.4, -0.2) is 36.3 Å². The molecule has 1 aromatic heterocycles. The molecular weight excluding hydrogens is 264 g/mol. The lowest BCUT2D eigenvalue weighted by atomic mass is 10.0. The van der Waals surface area contributed by atoms with Crippen molar-refractivity contribution in [1.29, 1.82) is 0 Å². The highest BCUT2D eigenvalue weighted by Crippen LogP contribution is 2.39. The number of nitrogens with one attached hydrogen (secondary N) is 2. The largest absolute Gasteiger partial charge is 0.381 e. The third-order valence-electron chi connectivity index (χ3n) is 4.26. The highest BCUT2D eigenvalue weighted by atomic mass is 16.5. The van der Waals surface area contributed by atoms with Crippen molar-refractivity contribution in [2.75, 3.05) is 36.9 Å². The van der Waals surface area contributed by atoms with Crippen molar-refractivity contribution in [3.05, 3.63) is 11.4 Å². The van der Waals surface area contributed by atoms with Crippen LogP contribution < -0.4 is 10.6 Å². The third-order valence-corrected chi connectivity index (χ3v) is 4.26. The van der Waals surface area contributed by atoms with Crippen molar-refractivity contribution in [3.8, 4) is 0 Å². The summed E-state index contributed by atoms with van der Waals surface area (Å²) < 4.78 is 5.55. The first-order chi connectivity index (χ1) is 10.3. The van der Waals surface area contributed by atoms with Gasteiger partial charge in [-0.15, -0.1) is 0 Å². The molecule has 2 fully saturated rings. The number of ether oxygens (including phenoxy) is 1. The summed E-state index contributed by atoms with van der Waals surface area (Å²) in [5.41, 5.74) is 1.12. The number of anilines is 2. The Kier molecular flexibility index (Phi) is 4.58. The minimum atomic E-state index is 0.571. The number of nitrogens with zero attached hydrogens (tertiary/aromatic N) is 2. The molecule has 0 amide bonds. The van der Waals surface area contributed by atoms with E-state index in [0.29, 0.717) is 11.8 Å². The second-order valence-electron chi connectivity index (χ2n) is 6.17. The van der Waals surface area contributed by atoms with Gasteiger partial charge in [0, 0.05) is 31.2 Å². The number of rotatable bonds is 6. The van der Waals surface area contributed by atoms with Gasteiger partial charge in [0.05, 0.1) is 6.61 Å². The van der Waals surface area contributed by atoms with Crippen molar-refractivity contribution in [3.63, 3.8) is 0 Å². The molecule has 1 saturated carbocycles. The first kappa shape index (κ1) is 14.6. The molecule has 0 bridgehead atoms. The molecule has 1 saturated heterocycles. The topological polar surface area (TPSA) is 59.1 Å². The summed E-state index contributed by atoms with van der Waals surface area (Å²) in [6.45, 7) is 7.80. The van der Waals surface area contributed by atoms with Gasteiger partial charge in [0.15, 0.2) is 0 Å². The molecule has 5 heteroatoms. The Hall–Kier alpha value is -1.36. The van der Waals surface area contributed by atoms with Gasteiger partial charge in [-0.25, -0.2) is 9.97 Å². The molecule has 5 nitrogen and oxygen atoms in total. The Morgan fingerprint density at radius 2 is 1.90 bits per heavy atom. The van der Waals surface area contributed by atoms with E-state index in [-0.39, 0.29) is 0 Å². The van der Waals surface area contributed by atoms with Crippen LogP contribution >= 0.6 is 0 Å². The van der Waals surface area contributed by atoms with Crippen molar-refractivity contribution in [1.82, 2.24) is 9.97 Å². The highest BCUT2D eigenvalue weighted by molar-refractivity contribution is 5.57. The van der Waals surface area contributed by atoms with E-state index in [2.05, 4.69) is 24.5 Å². The summed E-state index contributed by atoms with van der Waals surface area (Å²) in [6.07, 6.45) is 4.87. The first-order valence-electron chi connectivity index (χ1n) is 8.22. The third kappa shape index (κ3) is 3.64. The number of hydrogen-bond donors (Lipinski definition) is 2. The predicted octanol–water partition coefficient (Wildman–Crippen LogP) is 2.93. The number of aromatic nitrogens is 2. The second kappa shape index (κ2) is 6.60. The lowest BCUT2D eigenvalue weighted by Crippen LogP contribution is -2.25. The zero-order valence-corrected chi connectivity index (χ0v) is 13.1. The fourth-order valence-electron chi connectivity index (χ4n) is 2.78. The van der Waals surface area contributed by atoms with Crippen molar-refractivity contribution < 1.29 is 4.74 Å². The van der Waals surface area contributed by atoms with Gasteiger partial charge < -0.3 is 15.4 Å². The Bertz CT molecular complexity index is 481. The molecule has 21 heavy (non-hydrogen) atoms. The maximum Gasteiger partial charge on any atom is 0.136 e. The van der Waals surface area contributed by atoms with Gasteiger partial charge in [0.25, 0.3) is 0 Å². The van der Waals surface area contributed by atoms with Gasteiger partial charge in [-0.05, 0) is 45.4 Å². The average Bonchev–Trinajstić information content (AvgIpc) is 3.34. The minimum Gasteiger partial charge on any atom is -0.381 e. The maximum atomic E-state index is 5.55. The van der Waals surface area contributed by atoms with Gasteiger partial charge in [-0.1, -0.05) is 0 Å². The summed E-state index contributed by atoms with van der Waals surface area (Å²) >= 11 is 0. The van der Waals surface area contributed by atoms with E-state index in [4.69, 9.17) is 14.7 Å². The van der Waals surface area contributed by atoms with Crippen LogP contribution in [0.1, 0.15) is 49.9 Å². The van der Waals surface area contributed by atoms with Gasteiger partial charge >= 0.3 is 0 Å². The summed E-state index contributed by atoms with van der Waals surface area (Å²) in [6, 6.07) is 0. The summed E-state index contributed by atoms with van der Waals surface area (Å²) in [5, 5.41) is 6.89. The Labute approximate surface area is 126 Å². The van der Waals surface area contributed by atoms with Crippen molar-refractivity contribution in [2.45, 2.75) is 45.4 Å². The highest BCUT2D eigenvalue weighted by Gasteiger charge is 2.28. The van der Waals surface area contributed by atoms with E-state index in [9.17, 15) is 0 Å². The minimum absolute atomic E-state index is 0.571. The summed E-state index contributed by atoms with van der Waals surface area (Å²) in [4.78, 5) is 9.45. The molecular formula is C16H26N4O. The van der Waals surface area contributed by atoms with Gasteiger partial charge in [0.2, 0.25) is 0 Å². The zero-order valence-electron chi connectivity index (χ0n) is 13.1. The fraction of sp³-hybridized carbons (Fsp3) is 0.750. The Morgan fingerprint density at radius 3 is 2.52 bits per heavy atom. The normalized spacial score (nSPS) is 22.1. The molecule has 2 heterocycles. The van der Waals surface area contributed by atoms with Crippen LogP contribution in [0.4, 0.5) is 11.6 Å². The predicted molar refractivity (Wildman–Crippen MR) is 84.9 cm³/mol.